The summed E-state index contributed by atoms with van der Waals surface area (Å²) >= 11 is 0. The number of nitrogens with zero attached hydrogens (tertiary/aromatic N) is 2. The molecule has 3 aliphatic rings. The molecule has 0 spiro atoms. The van der Waals surface area contributed by atoms with Crippen LogP contribution < -0.4 is 21.3 Å². The number of anilines is 1. The lowest BCUT2D eigenvalue weighted by molar-refractivity contribution is -0.147. The predicted molar refractivity (Wildman–Crippen MR) is 132 cm³/mol. The third-order valence-electron chi connectivity index (χ3n) is 7.09. The van der Waals surface area contributed by atoms with E-state index >= 15 is 0 Å². The minimum Gasteiger partial charge on any atom is -0.354 e. The largest absolute Gasteiger partial charge is 0.354 e. The first-order valence-electron chi connectivity index (χ1n) is 12.6. The summed E-state index contributed by atoms with van der Waals surface area (Å²) in [6.07, 6.45) is 2.70. The number of nitrogens with one attached hydrogen (secondary N) is 4. The van der Waals surface area contributed by atoms with Gasteiger partial charge in [0.25, 0.3) is 0 Å². The molecule has 3 fully saturated rings. The summed E-state index contributed by atoms with van der Waals surface area (Å²) in [5.74, 6) is -0.972. The lowest BCUT2D eigenvalue weighted by Gasteiger charge is -2.42. The van der Waals surface area contributed by atoms with E-state index in [4.69, 9.17) is 0 Å². The Kier molecular flexibility index (Phi) is 8.19. The Labute approximate surface area is 210 Å². The molecule has 3 heterocycles. The first-order valence-corrected chi connectivity index (χ1v) is 12.6. The molecule has 11 heteroatoms. The number of hydrogen-bond donors (Lipinski definition) is 4. The molecular weight excluding hydrogens is 464 g/mol. The number of urea groups is 1. The van der Waals surface area contributed by atoms with E-state index in [1.165, 1.54) is 11.8 Å². The number of rotatable bonds is 5. The van der Waals surface area contributed by atoms with Crippen molar-refractivity contribution in [2.24, 2.45) is 5.92 Å². The second kappa shape index (κ2) is 11.5. The van der Waals surface area contributed by atoms with Gasteiger partial charge in [0.05, 0.1) is 6.54 Å². The molecule has 0 radical (unpaired) electrons. The minimum atomic E-state index is -0.887. The molecule has 1 aromatic carbocycles. The quantitative estimate of drug-likeness (QED) is 0.432. The Morgan fingerprint density at radius 2 is 1.69 bits per heavy atom. The molecule has 0 saturated carbocycles. The fraction of sp³-hybridized carbons (Fsp3) is 0.560. The maximum Gasteiger partial charge on any atom is 0.321 e. The van der Waals surface area contributed by atoms with Crippen LogP contribution in [0.1, 0.15) is 43.0 Å². The second-order valence-electron chi connectivity index (χ2n) is 9.58. The van der Waals surface area contributed by atoms with E-state index in [-0.39, 0.29) is 43.1 Å². The molecule has 5 amide bonds. The van der Waals surface area contributed by atoms with Gasteiger partial charge in [0.1, 0.15) is 12.1 Å². The van der Waals surface area contributed by atoms with Gasteiger partial charge in [-0.05, 0) is 70.0 Å². The lowest BCUT2D eigenvalue weighted by atomic mass is 9.95. The van der Waals surface area contributed by atoms with Gasteiger partial charge in [0.2, 0.25) is 17.7 Å². The van der Waals surface area contributed by atoms with Crippen molar-refractivity contribution in [3.8, 4) is 0 Å². The van der Waals surface area contributed by atoms with E-state index in [9.17, 15) is 24.0 Å². The smallest absolute Gasteiger partial charge is 0.321 e. The molecule has 0 aromatic heterocycles. The summed E-state index contributed by atoms with van der Waals surface area (Å²) in [5, 5.41) is 11.6. The normalized spacial score (nSPS) is 23.0. The Hall–Kier alpha value is -3.47. The van der Waals surface area contributed by atoms with Crippen molar-refractivity contribution >= 4 is 35.2 Å². The van der Waals surface area contributed by atoms with Gasteiger partial charge < -0.3 is 31.1 Å². The Morgan fingerprint density at radius 1 is 0.972 bits per heavy atom. The number of piperazine rings is 1. The van der Waals surface area contributed by atoms with Gasteiger partial charge in [-0.1, -0.05) is 0 Å². The second-order valence-corrected chi connectivity index (χ2v) is 9.58. The van der Waals surface area contributed by atoms with Gasteiger partial charge >= 0.3 is 6.03 Å². The first-order chi connectivity index (χ1) is 17.3. The van der Waals surface area contributed by atoms with Crippen LogP contribution in [0.3, 0.4) is 0 Å². The number of carbonyl (C=O) groups excluding carboxylic acids is 5. The zero-order chi connectivity index (χ0) is 25.7. The zero-order valence-electron chi connectivity index (χ0n) is 20.5. The molecule has 3 saturated heterocycles. The molecule has 0 bridgehead atoms. The maximum atomic E-state index is 13.4. The highest BCUT2D eigenvalue weighted by Gasteiger charge is 2.40. The third-order valence-corrected chi connectivity index (χ3v) is 7.09. The molecule has 11 nitrogen and oxygen atoms in total. The van der Waals surface area contributed by atoms with Crippen LogP contribution in [0.25, 0.3) is 0 Å². The summed E-state index contributed by atoms with van der Waals surface area (Å²) in [4.78, 5) is 66.5. The molecule has 2 atom stereocenters. The van der Waals surface area contributed by atoms with Crippen LogP contribution in [0, 0.1) is 5.92 Å². The van der Waals surface area contributed by atoms with Gasteiger partial charge in [-0.3, -0.25) is 19.2 Å². The van der Waals surface area contributed by atoms with Gasteiger partial charge in [-0.2, -0.15) is 0 Å². The van der Waals surface area contributed by atoms with Crippen molar-refractivity contribution in [1.29, 1.82) is 0 Å². The summed E-state index contributed by atoms with van der Waals surface area (Å²) in [7, 11) is 0. The SMILES string of the molecule is CC(=O)c1ccc(NC(=O)N2CCN(C(=O)C3CCNCC3)[C@@H](C(=O)N[C@H]3CCCNC3=O)C2)cc1. The Morgan fingerprint density at radius 3 is 2.36 bits per heavy atom. The van der Waals surface area contributed by atoms with Gasteiger partial charge in [0.15, 0.2) is 5.78 Å². The van der Waals surface area contributed by atoms with E-state index in [2.05, 4.69) is 21.3 Å². The minimum absolute atomic E-state index is 0.0221. The van der Waals surface area contributed by atoms with E-state index in [0.717, 1.165) is 19.5 Å². The fourth-order valence-electron chi connectivity index (χ4n) is 4.93. The third kappa shape index (κ3) is 6.01. The van der Waals surface area contributed by atoms with E-state index in [1.807, 2.05) is 0 Å². The van der Waals surface area contributed by atoms with Crippen LogP contribution in [0.15, 0.2) is 24.3 Å². The van der Waals surface area contributed by atoms with Gasteiger partial charge in [-0.25, -0.2) is 4.79 Å². The molecule has 4 rings (SSSR count). The lowest BCUT2D eigenvalue weighted by Crippen LogP contribution is -2.64. The summed E-state index contributed by atoms with van der Waals surface area (Å²) in [6, 6.07) is 4.65. The Balaban J connectivity index is 1.46. The zero-order valence-corrected chi connectivity index (χ0v) is 20.5. The van der Waals surface area contributed by atoms with E-state index in [0.29, 0.717) is 37.1 Å². The summed E-state index contributed by atoms with van der Waals surface area (Å²) < 4.78 is 0. The van der Waals surface area contributed by atoms with Crippen molar-refractivity contribution in [2.45, 2.75) is 44.7 Å². The highest BCUT2D eigenvalue weighted by Crippen LogP contribution is 2.21. The highest BCUT2D eigenvalue weighted by atomic mass is 16.2. The van der Waals surface area contributed by atoms with Crippen LogP contribution in [-0.2, 0) is 14.4 Å². The molecule has 0 unspecified atom stereocenters. The van der Waals surface area contributed by atoms with E-state index in [1.54, 1.807) is 29.2 Å². The van der Waals surface area contributed by atoms with Crippen molar-refractivity contribution in [1.82, 2.24) is 25.8 Å². The number of amides is 5. The monoisotopic (exact) mass is 498 g/mol. The number of hydrogen-bond acceptors (Lipinski definition) is 6. The van der Waals surface area contributed by atoms with Gasteiger partial charge in [0, 0.05) is 36.8 Å². The van der Waals surface area contributed by atoms with Crippen LogP contribution in [0.2, 0.25) is 0 Å². The summed E-state index contributed by atoms with van der Waals surface area (Å²) in [6.45, 7) is 4.08. The fourth-order valence-corrected chi connectivity index (χ4v) is 4.93. The number of Topliss-reactive ketones (excluding diaryl/α,β-unsaturated/α-hetero) is 1. The van der Waals surface area contributed by atoms with Crippen LogP contribution >= 0.6 is 0 Å². The van der Waals surface area contributed by atoms with Crippen LogP contribution in [0.5, 0.6) is 0 Å². The van der Waals surface area contributed by atoms with Gasteiger partial charge in [-0.15, -0.1) is 0 Å². The van der Waals surface area contributed by atoms with Crippen molar-refractivity contribution in [3.63, 3.8) is 0 Å². The van der Waals surface area contributed by atoms with Crippen molar-refractivity contribution < 1.29 is 24.0 Å². The van der Waals surface area contributed by atoms with Crippen LogP contribution in [-0.4, -0.2) is 90.7 Å². The molecule has 194 valence electrons. The van der Waals surface area contributed by atoms with Crippen LogP contribution in [0.4, 0.5) is 10.5 Å². The number of ketones is 1. The molecule has 1 aromatic rings. The number of carbonyl (C=O) groups is 5. The molecular formula is C25H34N6O5. The number of piperidine rings is 2. The molecule has 4 N–H and O–H groups in total. The standard InChI is InChI=1S/C25H34N6O5/c1-16(32)17-4-6-19(7-5-17)28-25(36)30-13-14-31(24(35)18-8-11-26-12-9-18)21(15-30)23(34)29-20-3-2-10-27-22(20)33/h4-7,18,20-21,26H,2-3,8-15H2,1H3,(H,27,33)(H,28,36)(H,29,34)/t20-,21+/m0/s1. The topological polar surface area (TPSA) is 140 Å². The average molecular weight is 499 g/mol. The van der Waals surface area contributed by atoms with E-state index < -0.39 is 24.0 Å². The Bertz CT molecular complexity index is 1010. The maximum absolute atomic E-state index is 13.4. The molecule has 0 aliphatic carbocycles. The predicted octanol–water partition coefficient (Wildman–Crippen LogP) is 0.328. The molecule has 36 heavy (non-hydrogen) atoms. The number of benzene rings is 1. The first kappa shape index (κ1) is 25.6. The van der Waals surface area contributed by atoms with Crippen molar-refractivity contribution in [3.05, 3.63) is 29.8 Å². The highest BCUT2D eigenvalue weighted by molar-refractivity contribution is 5.96. The summed E-state index contributed by atoms with van der Waals surface area (Å²) in [5.41, 5.74) is 1.07. The molecule has 3 aliphatic heterocycles. The average Bonchev–Trinajstić information content (AvgIpc) is 2.90. The van der Waals surface area contributed by atoms with Crippen molar-refractivity contribution in [2.75, 3.05) is 44.6 Å².